The van der Waals surface area contributed by atoms with Crippen molar-refractivity contribution < 1.29 is 9.53 Å². The number of rotatable bonds is 6. The van der Waals surface area contributed by atoms with Crippen LogP contribution in [0, 0.1) is 6.92 Å². The van der Waals surface area contributed by atoms with Crippen molar-refractivity contribution in [1.82, 2.24) is 9.55 Å². The molecule has 0 aliphatic carbocycles. The SMILES string of the molecule is CCOC(=O)CSc1ncc(-c2ccc(Br)cc2)n1-c1ccccc1C. The van der Waals surface area contributed by atoms with E-state index in [-0.39, 0.29) is 11.7 Å². The fraction of sp³-hybridized carbons (Fsp3) is 0.200. The molecule has 1 aromatic heterocycles. The van der Waals surface area contributed by atoms with Crippen LogP contribution in [0.3, 0.4) is 0 Å². The molecule has 0 atom stereocenters. The largest absolute Gasteiger partial charge is 0.465 e. The van der Waals surface area contributed by atoms with E-state index in [0.29, 0.717) is 6.61 Å². The van der Waals surface area contributed by atoms with Crippen LogP contribution in [-0.2, 0) is 9.53 Å². The first kappa shape index (κ1) is 18.7. The molecule has 0 unspecified atom stereocenters. The van der Waals surface area contributed by atoms with E-state index < -0.39 is 0 Å². The van der Waals surface area contributed by atoms with Crippen molar-refractivity contribution in [3.8, 4) is 16.9 Å². The number of hydrogen-bond acceptors (Lipinski definition) is 4. The van der Waals surface area contributed by atoms with Crippen LogP contribution in [-0.4, -0.2) is 27.9 Å². The molecule has 2 aromatic carbocycles. The second-order valence-electron chi connectivity index (χ2n) is 5.65. The van der Waals surface area contributed by atoms with Crippen molar-refractivity contribution in [1.29, 1.82) is 0 Å². The Bertz CT molecular complexity index is 906. The number of thioether (sulfide) groups is 1. The van der Waals surface area contributed by atoms with Crippen molar-refractivity contribution in [2.75, 3.05) is 12.4 Å². The number of para-hydroxylation sites is 1. The molecule has 0 aliphatic heterocycles. The van der Waals surface area contributed by atoms with Crippen LogP contribution in [0.5, 0.6) is 0 Å². The molecule has 0 radical (unpaired) electrons. The van der Waals surface area contributed by atoms with Crippen LogP contribution >= 0.6 is 27.7 Å². The lowest BCUT2D eigenvalue weighted by molar-refractivity contribution is -0.139. The van der Waals surface area contributed by atoms with Gasteiger partial charge in [-0.1, -0.05) is 58.0 Å². The summed E-state index contributed by atoms with van der Waals surface area (Å²) >= 11 is 4.86. The summed E-state index contributed by atoms with van der Waals surface area (Å²) in [4.78, 5) is 16.3. The number of ether oxygens (including phenoxy) is 1. The minimum Gasteiger partial charge on any atom is -0.465 e. The van der Waals surface area contributed by atoms with Crippen molar-refractivity contribution in [3.05, 3.63) is 64.8 Å². The highest BCUT2D eigenvalue weighted by atomic mass is 79.9. The fourth-order valence-corrected chi connectivity index (χ4v) is 3.68. The molecule has 134 valence electrons. The van der Waals surface area contributed by atoms with E-state index in [1.807, 2.05) is 37.4 Å². The maximum atomic E-state index is 11.8. The summed E-state index contributed by atoms with van der Waals surface area (Å²) in [5, 5.41) is 0.769. The van der Waals surface area contributed by atoms with Crippen LogP contribution in [0.15, 0.2) is 64.4 Å². The number of esters is 1. The number of aryl methyl sites for hydroxylation is 1. The second-order valence-corrected chi connectivity index (χ2v) is 7.51. The van der Waals surface area contributed by atoms with Gasteiger partial charge in [0.1, 0.15) is 0 Å². The maximum Gasteiger partial charge on any atom is 0.316 e. The highest BCUT2D eigenvalue weighted by Crippen LogP contribution is 2.31. The number of aromatic nitrogens is 2. The average molecular weight is 431 g/mol. The molecule has 0 N–H and O–H groups in total. The smallest absolute Gasteiger partial charge is 0.316 e. The van der Waals surface area contributed by atoms with Crippen LogP contribution in [0.25, 0.3) is 16.9 Å². The van der Waals surface area contributed by atoms with Crippen molar-refractivity contribution >= 4 is 33.7 Å². The Morgan fingerprint density at radius 2 is 1.92 bits per heavy atom. The Morgan fingerprint density at radius 3 is 2.62 bits per heavy atom. The quantitative estimate of drug-likeness (QED) is 0.394. The summed E-state index contributed by atoms with van der Waals surface area (Å²) in [5.74, 6) is -0.00158. The van der Waals surface area contributed by atoms with Gasteiger partial charge in [-0.3, -0.25) is 9.36 Å². The van der Waals surface area contributed by atoms with Gasteiger partial charge in [0.25, 0.3) is 0 Å². The number of nitrogens with zero attached hydrogens (tertiary/aromatic N) is 2. The molecular formula is C20H19BrN2O2S. The molecule has 0 amide bonds. The lowest BCUT2D eigenvalue weighted by Crippen LogP contribution is -2.08. The summed E-state index contributed by atoms with van der Waals surface area (Å²) in [6.45, 7) is 4.26. The summed E-state index contributed by atoms with van der Waals surface area (Å²) in [7, 11) is 0. The van der Waals surface area contributed by atoms with Crippen LogP contribution in [0.2, 0.25) is 0 Å². The molecule has 1 heterocycles. The third kappa shape index (κ3) is 4.19. The zero-order valence-electron chi connectivity index (χ0n) is 14.6. The number of halogens is 1. The average Bonchev–Trinajstić information content (AvgIpc) is 3.05. The molecule has 0 aliphatic rings. The molecule has 6 heteroatoms. The fourth-order valence-electron chi connectivity index (χ4n) is 2.63. The van der Waals surface area contributed by atoms with Crippen LogP contribution < -0.4 is 0 Å². The molecule has 0 spiro atoms. The topological polar surface area (TPSA) is 44.1 Å². The third-order valence-corrected chi connectivity index (χ3v) is 5.31. The maximum absolute atomic E-state index is 11.8. The number of benzene rings is 2. The molecule has 3 aromatic rings. The minimum atomic E-state index is -0.234. The first-order valence-corrected chi connectivity index (χ1v) is 10.1. The van der Waals surface area contributed by atoms with E-state index in [1.54, 1.807) is 0 Å². The Labute approximate surface area is 165 Å². The molecule has 0 saturated carbocycles. The first-order valence-electron chi connectivity index (χ1n) is 8.28. The van der Waals surface area contributed by atoms with E-state index in [9.17, 15) is 4.79 Å². The molecular weight excluding hydrogens is 412 g/mol. The van der Waals surface area contributed by atoms with Crippen molar-refractivity contribution in [2.24, 2.45) is 0 Å². The zero-order chi connectivity index (χ0) is 18.5. The number of carbonyl (C=O) groups is 1. The molecule has 26 heavy (non-hydrogen) atoms. The van der Waals surface area contributed by atoms with E-state index in [2.05, 4.69) is 56.7 Å². The van der Waals surface area contributed by atoms with Gasteiger partial charge >= 0.3 is 5.97 Å². The summed E-state index contributed by atoms with van der Waals surface area (Å²) in [6, 6.07) is 16.3. The normalized spacial score (nSPS) is 10.7. The van der Waals surface area contributed by atoms with Gasteiger partial charge in [-0.15, -0.1) is 0 Å². The number of hydrogen-bond donors (Lipinski definition) is 0. The molecule has 3 rings (SSSR count). The van der Waals surface area contributed by atoms with Gasteiger partial charge in [0.15, 0.2) is 5.16 Å². The van der Waals surface area contributed by atoms with Gasteiger partial charge in [0.05, 0.1) is 29.9 Å². The molecule has 0 fully saturated rings. The third-order valence-electron chi connectivity index (χ3n) is 3.85. The summed E-state index contributed by atoms with van der Waals surface area (Å²) < 4.78 is 8.16. The van der Waals surface area contributed by atoms with Crippen molar-refractivity contribution in [2.45, 2.75) is 19.0 Å². The highest BCUT2D eigenvalue weighted by Gasteiger charge is 2.17. The van der Waals surface area contributed by atoms with E-state index in [4.69, 9.17) is 4.74 Å². The second kappa shape index (κ2) is 8.56. The van der Waals surface area contributed by atoms with Gasteiger partial charge in [0, 0.05) is 10.0 Å². The van der Waals surface area contributed by atoms with E-state index in [0.717, 1.165) is 32.1 Å². The Hall–Kier alpha value is -2.05. The van der Waals surface area contributed by atoms with Gasteiger partial charge in [-0.05, 0) is 37.6 Å². The van der Waals surface area contributed by atoms with E-state index in [1.165, 1.54) is 11.8 Å². The Kier molecular flexibility index (Phi) is 6.16. The van der Waals surface area contributed by atoms with Gasteiger partial charge in [0.2, 0.25) is 0 Å². The number of imidazole rings is 1. The monoisotopic (exact) mass is 430 g/mol. The molecule has 0 saturated heterocycles. The standard InChI is InChI=1S/C20H19BrN2O2S/c1-3-25-19(24)13-26-20-22-12-18(15-8-10-16(21)11-9-15)23(20)17-7-5-4-6-14(17)2/h4-12H,3,13H2,1-2H3. The lowest BCUT2D eigenvalue weighted by atomic mass is 10.1. The Morgan fingerprint density at radius 1 is 1.19 bits per heavy atom. The molecule has 0 bridgehead atoms. The summed E-state index contributed by atoms with van der Waals surface area (Å²) in [5.41, 5.74) is 4.24. The van der Waals surface area contributed by atoms with Crippen LogP contribution in [0.1, 0.15) is 12.5 Å². The zero-order valence-corrected chi connectivity index (χ0v) is 17.0. The molecule has 4 nitrogen and oxygen atoms in total. The van der Waals surface area contributed by atoms with Gasteiger partial charge in [-0.25, -0.2) is 4.98 Å². The predicted molar refractivity (Wildman–Crippen MR) is 109 cm³/mol. The highest BCUT2D eigenvalue weighted by molar-refractivity contribution is 9.10. The first-order chi connectivity index (χ1) is 12.6. The number of carbonyl (C=O) groups excluding carboxylic acids is 1. The van der Waals surface area contributed by atoms with Gasteiger partial charge in [-0.2, -0.15) is 0 Å². The predicted octanol–water partition coefficient (Wildman–Crippen LogP) is 5.27. The van der Waals surface area contributed by atoms with Gasteiger partial charge < -0.3 is 4.74 Å². The van der Waals surface area contributed by atoms with Crippen LogP contribution in [0.4, 0.5) is 0 Å². The van der Waals surface area contributed by atoms with Crippen molar-refractivity contribution in [3.63, 3.8) is 0 Å². The Balaban J connectivity index is 2.04. The summed E-state index contributed by atoms with van der Waals surface area (Å²) in [6.07, 6.45) is 1.85. The lowest BCUT2D eigenvalue weighted by Gasteiger charge is -2.14. The van der Waals surface area contributed by atoms with E-state index >= 15 is 0 Å². The minimum absolute atomic E-state index is 0.233.